The first-order chi connectivity index (χ1) is 13.9. The van der Waals surface area contributed by atoms with Crippen molar-refractivity contribution in [2.45, 2.75) is 12.8 Å². The molecule has 2 amide bonds. The van der Waals surface area contributed by atoms with Crippen LogP contribution in [0.4, 0.5) is 0 Å². The minimum Gasteiger partial charge on any atom is -0.495 e. The number of hydrogen-bond donors (Lipinski definition) is 0. The number of imide groups is 1. The average molecular weight is 416 g/mol. The van der Waals surface area contributed by atoms with E-state index in [0.29, 0.717) is 22.4 Å². The van der Waals surface area contributed by atoms with Crippen LogP contribution in [0.15, 0.2) is 42.5 Å². The van der Waals surface area contributed by atoms with Crippen LogP contribution in [-0.2, 0) is 9.53 Å². The number of halogens is 1. The number of esters is 1. The average Bonchev–Trinajstić information content (AvgIpc) is 2.97. The lowest BCUT2D eigenvalue weighted by Crippen LogP contribution is -2.31. The van der Waals surface area contributed by atoms with Crippen LogP contribution in [0.1, 0.15) is 43.9 Å². The van der Waals surface area contributed by atoms with Gasteiger partial charge in [-0.25, -0.2) is 0 Å². The maximum Gasteiger partial charge on any atom is 0.306 e. The van der Waals surface area contributed by atoms with E-state index in [0.717, 1.165) is 4.90 Å². The highest BCUT2D eigenvalue weighted by molar-refractivity contribution is 6.32. The summed E-state index contributed by atoms with van der Waals surface area (Å²) >= 11 is 5.98. The number of carbonyl (C=O) groups excluding carboxylic acids is 4. The zero-order valence-corrected chi connectivity index (χ0v) is 16.4. The van der Waals surface area contributed by atoms with Crippen molar-refractivity contribution in [3.63, 3.8) is 0 Å². The minimum atomic E-state index is -0.588. The van der Waals surface area contributed by atoms with Crippen molar-refractivity contribution in [1.29, 1.82) is 0 Å². The Balaban J connectivity index is 1.45. The molecule has 0 spiro atoms. The second-order valence-corrected chi connectivity index (χ2v) is 6.75. The van der Waals surface area contributed by atoms with Crippen LogP contribution >= 0.6 is 11.6 Å². The van der Waals surface area contributed by atoms with Crippen molar-refractivity contribution in [1.82, 2.24) is 4.90 Å². The Hall–Kier alpha value is -3.19. The van der Waals surface area contributed by atoms with Crippen molar-refractivity contribution >= 4 is 35.2 Å². The first-order valence-electron chi connectivity index (χ1n) is 8.90. The van der Waals surface area contributed by atoms with Gasteiger partial charge in [0.25, 0.3) is 11.8 Å². The summed E-state index contributed by atoms with van der Waals surface area (Å²) in [6.07, 6.45) is 0.219. The Kier molecular flexibility index (Phi) is 6.29. The van der Waals surface area contributed by atoms with Crippen LogP contribution in [0, 0.1) is 0 Å². The molecule has 0 radical (unpaired) electrons. The molecular formula is C21H18ClNO6. The first-order valence-corrected chi connectivity index (χ1v) is 9.27. The number of ether oxygens (including phenoxy) is 2. The molecule has 0 aromatic heterocycles. The van der Waals surface area contributed by atoms with Crippen LogP contribution < -0.4 is 4.74 Å². The van der Waals surface area contributed by atoms with Crippen LogP contribution in [0.3, 0.4) is 0 Å². The second-order valence-electron chi connectivity index (χ2n) is 6.34. The van der Waals surface area contributed by atoms with E-state index in [-0.39, 0.29) is 36.2 Å². The monoisotopic (exact) mass is 415 g/mol. The predicted molar refractivity (Wildman–Crippen MR) is 104 cm³/mol. The van der Waals surface area contributed by atoms with E-state index in [9.17, 15) is 19.2 Å². The number of amides is 2. The van der Waals surface area contributed by atoms with Gasteiger partial charge in [0.2, 0.25) is 0 Å². The summed E-state index contributed by atoms with van der Waals surface area (Å²) in [5.41, 5.74) is 1.03. The molecule has 0 saturated heterocycles. The molecule has 0 N–H and O–H groups in total. The molecule has 0 unspecified atom stereocenters. The fraction of sp³-hybridized carbons (Fsp3) is 0.238. The van der Waals surface area contributed by atoms with Gasteiger partial charge in [-0.3, -0.25) is 24.1 Å². The van der Waals surface area contributed by atoms with Gasteiger partial charge in [-0.05, 0) is 36.8 Å². The number of fused-ring (bicyclic) bond motifs is 1. The summed E-state index contributed by atoms with van der Waals surface area (Å²) in [5, 5.41) is 0.283. The number of rotatable bonds is 8. The number of methoxy groups -OCH3 is 1. The van der Waals surface area contributed by atoms with E-state index in [2.05, 4.69) is 0 Å². The Bertz CT molecular complexity index is 952. The number of benzene rings is 2. The number of hydrogen-bond acceptors (Lipinski definition) is 6. The molecule has 2 aromatic carbocycles. The summed E-state index contributed by atoms with van der Waals surface area (Å²) in [7, 11) is 1.46. The molecule has 8 heteroatoms. The Morgan fingerprint density at radius 2 is 1.69 bits per heavy atom. The third kappa shape index (κ3) is 4.46. The predicted octanol–water partition coefficient (Wildman–Crippen LogP) is 3.15. The number of carbonyl (C=O) groups is 4. The topological polar surface area (TPSA) is 90.0 Å². The molecule has 0 fully saturated rings. The quantitative estimate of drug-likeness (QED) is 0.374. The zero-order chi connectivity index (χ0) is 21.0. The van der Waals surface area contributed by atoms with Gasteiger partial charge >= 0.3 is 5.97 Å². The van der Waals surface area contributed by atoms with Gasteiger partial charge in [-0.1, -0.05) is 23.7 Å². The van der Waals surface area contributed by atoms with Crippen LogP contribution in [-0.4, -0.2) is 48.7 Å². The Morgan fingerprint density at radius 1 is 1.03 bits per heavy atom. The SMILES string of the molecule is COc1ccc(C(=O)COC(=O)CCCN2C(=O)c3ccccc3C2=O)cc1Cl. The van der Waals surface area contributed by atoms with E-state index in [4.69, 9.17) is 21.1 Å². The highest BCUT2D eigenvalue weighted by atomic mass is 35.5. The number of ketones is 1. The van der Waals surface area contributed by atoms with E-state index < -0.39 is 18.4 Å². The van der Waals surface area contributed by atoms with Crippen molar-refractivity contribution in [3.05, 3.63) is 64.2 Å². The lowest BCUT2D eigenvalue weighted by atomic mass is 10.1. The number of Topliss-reactive ketones (excluding diaryl/α,β-unsaturated/α-hetero) is 1. The van der Waals surface area contributed by atoms with E-state index in [1.807, 2.05) is 0 Å². The highest BCUT2D eigenvalue weighted by Crippen LogP contribution is 2.25. The van der Waals surface area contributed by atoms with E-state index in [1.165, 1.54) is 19.2 Å². The summed E-state index contributed by atoms with van der Waals surface area (Å²) in [6.45, 7) is -0.321. The fourth-order valence-corrected chi connectivity index (χ4v) is 3.22. The lowest BCUT2D eigenvalue weighted by Gasteiger charge is -2.13. The van der Waals surface area contributed by atoms with Crippen LogP contribution in [0.5, 0.6) is 5.75 Å². The van der Waals surface area contributed by atoms with Crippen molar-refractivity contribution in [3.8, 4) is 5.75 Å². The standard InChI is InChI=1S/C21H18ClNO6/c1-28-18-9-8-13(11-16(18)22)17(24)12-29-19(25)7-4-10-23-20(26)14-5-2-3-6-15(14)21(23)27/h2-3,5-6,8-9,11H,4,7,10,12H2,1H3. The molecule has 2 aromatic rings. The molecule has 0 aliphatic carbocycles. The molecule has 1 aliphatic rings. The summed E-state index contributed by atoms with van der Waals surface area (Å²) in [5.74, 6) is -1.29. The van der Waals surface area contributed by atoms with Gasteiger partial charge in [0, 0.05) is 18.5 Å². The molecule has 0 saturated carbocycles. The third-order valence-corrected chi connectivity index (χ3v) is 4.77. The van der Waals surface area contributed by atoms with Crippen molar-refractivity contribution in [2.24, 2.45) is 0 Å². The van der Waals surface area contributed by atoms with Gasteiger partial charge < -0.3 is 9.47 Å². The second kappa shape index (κ2) is 8.87. The lowest BCUT2D eigenvalue weighted by molar-refractivity contribution is -0.142. The molecule has 1 aliphatic heterocycles. The van der Waals surface area contributed by atoms with Gasteiger partial charge in [0.05, 0.1) is 23.3 Å². The maximum atomic E-state index is 12.3. The minimum absolute atomic E-state index is 0.0238. The fourth-order valence-electron chi connectivity index (χ4n) is 2.97. The maximum absolute atomic E-state index is 12.3. The first kappa shape index (κ1) is 20.5. The van der Waals surface area contributed by atoms with Crippen molar-refractivity contribution in [2.75, 3.05) is 20.3 Å². The molecule has 29 heavy (non-hydrogen) atoms. The summed E-state index contributed by atoms with van der Waals surface area (Å²) in [4.78, 5) is 49.6. The molecule has 150 valence electrons. The van der Waals surface area contributed by atoms with Gasteiger partial charge in [-0.2, -0.15) is 0 Å². The Morgan fingerprint density at radius 3 is 2.28 bits per heavy atom. The summed E-state index contributed by atoms with van der Waals surface area (Å²) < 4.78 is 10.0. The molecular weight excluding hydrogens is 398 g/mol. The van der Waals surface area contributed by atoms with E-state index in [1.54, 1.807) is 30.3 Å². The van der Waals surface area contributed by atoms with Gasteiger partial charge in [-0.15, -0.1) is 0 Å². The normalized spacial score (nSPS) is 12.7. The summed E-state index contributed by atoms with van der Waals surface area (Å²) in [6, 6.07) is 11.1. The molecule has 7 nitrogen and oxygen atoms in total. The highest BCUT2D eigenvalue weighted by Gasteiger charge is 2.34. The number of nitrogens with zero attached hydrogens (tertiary/aromatic N) is 1. The zero-order valence-electron chi connectivity index (χ0n) is 15.6. The molecule has 3 rings (SSSR count). The van der Waals surface area contributed by atoms with E-state index >= 15 is 0 Å². The van der Waals surface area contributed by atoms with Gasteiger partial charge in [0.15, 0.2) is 12.4 Å². The molecule has 0 atom stereocenters. The smallest absolute Gasteiger partial charge is 0.306 e. The largest absolute Gasteiger partial charge is 0.495 e. The third-order valence-electron chi connectivity index (χ3n) is 4.48. The molecule has 1 heterocycles. The Labute approximate surface area is 172 Å². The van der Waals surface area contributed by atoms with Crippen LogP contribution in [0.25, 0.3) is 0 Å². The molecule has 0 bridgehead atoms. The van der Waals surface area contributed by atoms with Crippen LogP contribution in [0.2, 0.25) is 5.02 Å². The van der Waals surface area contributed by atoms with Crippen molar-refractivity contribution < 1.29 is 28.7 Å². The van der Waals surface area contributed by atoms with Gasteiger partial charge in [0.1, 0.15) is 5.75 Å².